The number of aryl methyl sites for hydroxylation is 1. The molecule has 3 aromatic rings. The Hall–Kier alpha value is -2.08. The van der Waals surface area contributed by atoms with Crippen LogP contribution in [0.2, 0.25) is 0 Å². The minimum absolute atomic E-state index is 0.0739. The molecule has 20 heavy (non-hydrogen) atoms. The molecule has 1 aliphatic heterocycles. The molecule has 0 amide bonds. The van der Waals surface area contributed by atoms with Gasteiger partial charge in [-0.3, -0.25) is 9.89 Å². The highest BCUT2D eigenvalue weighted by molar-refractivity contribution is 7.99. The van der Waals surface area contributed by atoms with Gasteiger partial charge in [-0.05, 0) is 12.1 Å². The lowest BCUT2D eigenvalue weighted by molar-refractivity contribution is 0.628. The molecule has 3 heterocycles. The van der Waals surface area contributed by atoms with E-state index in [0.29, 0.717) is 16.9 Å². The van der Waals surface area contributed by atoms with E-state index in [9.17, 15) is 9.18 Å². The van der Waals surface area contributed by atoms with Gasteiger partial charge < -0.3 is 0 Å². The van der Waals surface area contributed by atoms with Gasteiger partial charge in [-0.15, -0.1) is 11.8 Å². The zero-order valence-electron chi connectivity index (χ0n) is 10.4. The van der Waals surface area contributed by atoms with E-state index in [0.717, 1.165) is 22.8 Å². The van der Waals surface area contributed by atoms with Crippen LogP contribution in [0.15, 0.2) is 40.0 Å². The molecular formula is C14H10FN3OS. The quantitative estimate of drug-likeness (QED) is 0.748. The van der Waals surface area contributed by atoms with Crippen LogP contribution in [0.1, 0.15) is 5.69 Å². The molecule has 0 spiro atoms. The predicted octanol–water partition coefficient (Wildman–Crippen LogP) is 2.48. The van der Waals surface area contributed by atoms with E-state index in [4.69, 9.17) is 0 Å². The average Bonchev–Trinajstić information content (AvgIpc) is 3.05. The van der Waals surface area contributed by atoms with Crippen molar-refractivity contribution in [3.05, 3.63) is 52.2 Å². The molecule has 6 heteroatoms. The van der Waals surface area contributed by atoms with Crippen molar-refractivity contribution in [1.29, 1.82) is 0 Å². The maximum absolute atomic E-state index is 13.3. The Bertz CT molecular complexity index is 884. The summed E-state index contributed by atoms with van der Waals surface area (Å²) in [6.45, 7) is 0. The second kappa shape index (κ2) is 4.21. The van der Waals surface area contributed by atoms with Crippen LogP contribution in [-0.4, -0.2) is 20.4 Å². The van der Waals surface area contributed by atoms with Crippen LogP contribution in [0, 0.1) is 5.82 Å². The Balaban J connectivity index is 1.96. The molecule has 0 fully saturated rings. The van der Waals surface area contributed by atoms with Crippen LogP contribution in [0.25, 0.3) is 16.9 Å². The van der Waals surface area contributed by atoms with Crippen LogP contribution in [0.3, 0.4) is 0 Å². The third-order valence-corrected chi connectivity index (χ3v) is 4.47. The second-order valence-electron chi connectivity index (χ2n) is 4.67. The Kier molecular flexibility index (Phi) is 2.47. The summed E-state index contributed by atoms with van der Waals surface area (Å²) in [6.07, 6.45) is 0.826. The van der Waals surface area contributed by atoms with Gasteiger partial charge in [-0.25, -0.2) is 13.9 Å². The van der Waals surface area contributed by atoms with Gasteiger partial charge in [0.2, 0.25) is 0 Å². The summed E-state index contributed by atoms with van der Waals surface area (Å²) < 4.78 is 14.7. The largest absolute Gasteiger partial charge is 0.289 e. The third kappa shape index (κ3) is 1.68. The van der Waals surface area contributed by atoms with E-state index in [-0.39, 0.29) is 11.4 Å². The predicted molar refractivity (Wildman–Crippen MR) is 75.6 cm³/mol. The number of halogens is 1. The highest BCUT2D eigenvalue weighted by Gasteiger charge is 2.20. The van der Waals surface area contributed by atoms with Crippen LogP contribution in [0.4, 0.5) is 4.39 Å². The van der Waals surface area contributed by atoms with Crippen LogP contribution >= 0.6 is 11.8 Å². The van der Waals surface area contributed by atoms with Crippen molar-refractivity contribution in [3.8, 4) is 11.3 Å². The lowest BCUT2D eigenvalue weighted by Crippen LogP contribution is -2.17. The summed E-state index contributed by atoms with van der Waals surface area (Å²) in [5, 5.41) is 3.00. The van der Waals surface area contributed by atoms with Gasteiger partial charge in [0.15, 0.2) is 5.65 Å². The van der Waals surface area contributed by atoms with Crippen molar-refractivity contribution >= 4 is 17.4 Å². The summed E-state index contributed by atoms with van der Waals surface area (Å²) >= 11 is 1.54. The van der Waals surface area contributed by atoms with Gasteiger partial charge in [0.1, 0.15) is 5.82 Å². The van der Waals surface area contributed by atoms with Gasteiger partial charge in [0.25, 0.3) is 5.56 Å². The third-order valence-electron chi connectivity index (χ3n) is 3.36. The second-order valence-corrected chi connectivity index (χ2v) is 5.77. The summed E-state index contributed by atoms with van der Waals surface area (Å²) in [5.74, 6) is 0.598. The first kappa shape index (κ1) is 11.7. The fourth-order valence-corrected chi connectivity index (χ4v) is 3.45. The fourth-order valence-electron chi connectivity index (χ4n) is 2.42. The van der Waals surface area contributed by atoms with E-state index >= 15 is 0 Å². The molecule has 0 aliphatic carbocycles. The van der Waals surface area contributed by atoms with Gasteiger partial charge in [0, 0.05) is 23.8 Å². The maximum atomic E-state index is 13.3. The Morgan fingerprint density at radius 2 is 2.25 bits per heavy atom. The molecule has 4 nitrogen and oxygen atoms in total. The Morgan fingerprint density at radius 1 is 1.35 bits per heavy atom. The van der Waals surface area contributed by atoms with Crippen molar-refractivity contribution in [3.63, 3.8) is 0 Å². The van der Waals surface area contributed by atoms with Crippen LogP contribution in [-0.2, 0) is 6.42 Å². The van der Waals surface area contributed by atoms with Crippen molar-refractivity contribution in [1.82, 2.24) is 14.6 Å². The van der Waals surface area contributed by atoms with E-state index < -0.39 is 0 Å². The van der Waals surface area contributed by atoms with Crippen molar-refractivity contribution in [2.75, 3.05) is 5.75 Å². The number of aromatic nitrogens is 3. The summed E-state index contributed by atoms with van der Waals surface area (Å²) in [5.41, 5.74) is 2.75. The van der Waals surface area contributed by atoms with Crippen molar-refractivity contribution in [2.45, 2.75) is 11.3 Å². The number of aromatic amines is 1. The van der Waals surface area contributed by atoms with Gasteiger partial charge in [-0.1, -0.05) is 12.1 Å². The summed E-state index contributed by atoms with van der Waals surface area (Å²) in [6, 6.07) is 8.03. The topological polar surface area (TPSA) is 50.2 Å². The number of hydrogen-bond donors (Lipinski definition) is 1. The first-order valence-corrected chi connectivity index (χ1v) is 7.24. The van der Waals surface area contributed by atoms with Crippen LogP contribution in [0.5, 0.6) is 0 Å². The van der Waals surface area contributed by atoms with Crippen LogP contribution < -0.4 is 5.56 Å². The number of thioether (sulfide) groups is 1. The number of hydrogen-bond acceptors (Lipinski definition) is 3. The van der Waals surface area contributed by atoms with E-state index in [1.54, 1.807) is 30.0 Å². The zero-order chi connectivity index (χ0) is 13.7. The number of benzene rings is 1. The minimum Gasteiger partial charge on any atom is -0.289 e. The molecule has 100 valence electrons. The van der Waals surface area contributed by atoms with Crippen molar-refractivity contribution in [2.24, 2.45) is 0 Å². The standard InChI is InChI=1S/C14H10FN3OS/c15-9-3-1-2-8(6-9)11-7-12-16-10-4-5-20-13(10)14(19)18(12)17-11/h1-3,6-7,17H,4-5H2. The van der Waals surface area contributed by atoms with Gasteiger partial charge in [0.05, 0.1) is 16.3 Å². The lowest BCUT2D eigenvalue weighted by atomic mass is 10.1. The van der Waals surface area contributed by atoms with Crippen molar-refractivity contribution < 1.29 is 4.39 Å². The van der Waals surface area contributed by atoms with E-state index in [1.807, 2.05) is 0 Å². The maximum Gasteiger partial charge on any atom is 0.286 e. The SMILES string of the molecule is O=c1c2c(nc3cc(-c4cccc(F)c4)[nH]n13)CCS2. The molecule has 1 aliphatic rings. The van der Waals surface area contributed by atoms with Gasteiger partial charge >= 0.3 is 0 Å². The molecule has 1 N–H and O–H groups in total. The van der Waals surface area contributed by atoms with E-state index in [2.05, 4.69) is 10.1 Å². The molecule has 0 radical (unpaired) electrons. The molecule has 0 bridgehead atoms. The smallest absolute Gasteiger partial charge is 0.286 e. The first-order chi connectivity index (χ1) is 9.72. The van der Waals surface area contributed by atoms with Gasteiger partial charge in [-0.2, -0.15) is 0 Å². The normalized spacial score (nSPS) is 13.8. The molecule has 0 unspecified atom stereocenters. The number of fused-ring (bicyclic) bond motifs is 2. The Labute approximate surface area is 117 Å². The summed E-state index contributed by atoms with van der Waals surface area (Å²) in [4.78, 5) is 17.5. The minimum atomic E-state index is -0.306. The molecule has 4 rings (SSSR count). The monoisotopic (exact) mass is 287 g/mol. The molecule has 2 aromatic heterocycles. The Morgan fingerprint density at radius 3 is 3.10 bits per heavy atom. The highest BCUT2D eigenvalue weighted by Crippen LogP contribution is 2.27. The molecule has 0 saturated carbocycles. The lowest BCUT2D eigenvalue weighted by Gasteiger charge is -1.98. The highest BCUT2D eigenvalue weighted by atomic mass is 32.2. The van der Waals surface area contributed by atoms with E-state index in [1.165, 1.54) is 16.6 Å². The fraction of sp³-hybridized carbons (Fsp3) is 0.143. The first-order valence-electron chi connectivity index (χ1n) is 6.26. The molecule has 1 aromatic carbocycles. The number of nitrogens with zero attached hydrogens (tertiary/aromatic N) is 2. The zero-order valence-corrected chi connectivity index (χ0v) is 11.2. The number of nitrogens with one attached hydrogen (secondary N) is 1. The average molecular weight is 287 g/mol. The number of H-pyrrole nitrogens is 1. The summed E-state index contributed by atoms with van der Waals surface area (Å²) in [7, 11) is 0. The number of rotatable bonds is 1. The molecule has 0 saturated heterocycles. The molecule has 0 atom stereocenters. The molecular weight excluding hydrogens is 277 g/mol.